The number of nitrogens with zero attached hydrogens (tertiary/aromatic N) is 1. The van der Waals surface area contributed by atoms with E-state index in [2.05, 4.69) is 37.6 Å². The van der Waals surface area contributed by atoms with Crippen molar-refractivity contribution in [3.05, 3.63) is 36.5 Å². The van der Waals surface area contributed by atoms with Gasteiger partial charge in [-0.3, -0.25) is 0 Å². The number of hydrogen-bond donors (Lipinski definition) is 0. The van der Waals surface area contributed by atoms with Gasteiger partial charge in [0.1, 0.15) is 0 Å². The number of allylic oxidation sites excluding steroid dienone is 3. The van der Waals surface area contributed by atoms with Gasteiger partial charge in [0.25, 0.3) is 0 Å². The quantitative estimate of drug-likeness (QED) is 0.566. The Morgan fingerprint density at radius 1 is 1.50 bits per heavy atom. The third kappa shape index (κ3) is 4.91. The van der Waals surface area contributed by atoms with Crippen LogP contribution in [0.15, 0.2) is 36.5 Å². The Hall–Kier alpha value is -0.820. The van der Waals surface area contributed by atoms with Gasteiger partial charge in [0.2, 0.25) is 0 Å². The van der Waals surface area contributed by atoms with E-state index in [1.54, 1.807) is 0 Å². The third-order valence-electron chi connectivity index (χ3n) is 1.70. The Balaban J connectivity index is 4.13. The minimum atomic E-state index is 0.993. The molecule has 0 heterocycles. The maximum absolute atomic E-state index is 3.69. The van der Waals surface area contributed by atoms with Crippen molar-refractivity contribution in [2.24, 2.45) is 0 Å². The Morgan fingerprint density at radius 2 is 2.17 bits per heavy atom. The van der Waals surface area contributed by atoms with Crippen molar-refractivity contribution in [3.8, 4) is 0 Å². The van der Waals surface area contributed by atoms with Crippen molar-refractivity contribution in [2.75, 3.05) is 20.1 Å². The lowest BCUT2D eigenvalue weighted by molar-refractivity contribution is 0.386. The van der Waals surface area contributed by atoms with Gasteiger partial charge in [-0.15, -0.1) is 0 Å². The maximum atomic E-state index is 3.69. The summed E-state index contributed by atoms with van der Waals surface area (Å²) in [6, 6.07) is 0. The fourth-order valence-electron chi connectivity index (χ4n) is 0.950. The molecule has 0 bridgehead atoms. The van der Waals surface area contributed by atoms with E-state index in [4.69, 9.17) is 0 Å². The zero-order valence-corrected chi connectivity index (χ0v) is 8.38. The molecule has 0 aromatic rings. The van der Waals surface area contributed by atoms with Crippen LogP contribution in [-0.2, 0) is 0 Å². The lowest BCUT2D eigenvalue weighted by atomic mass is 10.2. The van der Waals surface area contributed by atoms with Gasteiger partial charge in [0.15, 0.2) is 0 Å². The molecule has 0 aromatic carbocycles. The summed E-state index contributed by atoms with van der Waals surface area (Å²) >= 11 is 0. The van der Waals surface area contributed by atoms with Crippen LogP contribution in [0.2, 0.25) is 0 Å². The first kappa shape index (κ1) is 11.2. The third-order valence-corrected chi connectivity index (χ3v) is 1.70. The van der Waals surface area contributed by atoms with E-state index in [-0.39, 0.29) is 0 Å². The van der Waals surface area contributed by atoms with Crippen LogP contribution in [0.4, 0.5) is 0 Å². The molecule has 0 radical (unpaired) electrons. The van der Waals surface area contributed by atoms with Gasteiger partial charge in [-0.25, -0.2) is 0 Å². The first-order valence-corrected chi connectivity index (χ1v) is 4.37. The van der Waals surface area contributed by atoms with Crippen LogP contribution in [0.5, 0.6) is 0 Å². The highest BCUT2D eigenvalue weighted by atomic mass is 15.1. The standard InChI is InChI=1S/C11H19N/c1-5-8-11(9-6-2)10-12(4)7-3/h5-6,8-9H,1,7,10H2,2-4H3/b9-6-,11-8+. The fourth-order valence-corrected chi connectivity index (χ4v) is 0.950. The van der Waals surface area contributed by atoms with Gasteiger partial charge in [-0.2, -0.15) is 0 Å². The van der Waals surface area contributed by atoms with Crippen molar-refractivity contribution in [1.82, 2.24) is 4.90 Å². The molecule has 0 rings (SSSR count). The first-order chi connectivity index (χ1) is 5.74. The molecule has 0 atom stereocenters. The molecule has 0 amide bonds. The molecule has 1 nitrogen and oxygen atoms in total. The van der Waals surface area contributed by atoms with Crippen molar-refractivity contribution < 1.29 is 0 Å². The average molecular weight is 165 g/mol. The lowest BCUT2D eigenvalue weighted by Gasteiger charge is -2.13. The number of rotatable bonds is 5. The Labute approximate surface area is 76.1 Å². The molecule has 1 heteroatoms. The van der Waals surface area contributed by atoms with Crippen LogP contribution in [0.1, 0.15) is 13.8 Å². The molecule has 0 fully saturated rings. The summed E-state index contributed by atoms with van der Waals surface area (Å²) in [5.41, 5.74) is 1.30. The van der Waals surface area contributed by atoms with Gasteiger partial charge in [-0.05, 0) is 26.1 Å². The number of likely N-dealkylation sites (N-methyl/N-ethyl adjacent to an activating group) is 1. The summed E-state index contributed by atoms with van der Waals surface area (Å²) in [4.78, 5) is 2.26. The Bertz CT molecular complexity index is 177. The van der Waals surface area contributed by atoms with Crippen LogP contribution < -0.4 is 0 Å². The molecule has 0 saturated carbocycles. The second-order valence-corrected chi connectivity index (χ2v) is 2.81. The SMILES string of the molecule is C=C/C=C(\C=C/C)CN(C)CC. The number of hydrogen-bond acceptors (Lipinski definition) is 1. The summed E-state index contributed by atoms with van der Waals surface area (Å²) in [5, 5.41) is 0. The molecule has 0 unspecified atom stereocenters. The largest absolute Gasteiger partial charge is 0.302 e. The summed E-state index contributed by atoms with van der Waals surface area (Å²) in [7, 11) is 2.11. The van der Waals surface area contributed by atoms with Crippen LogP contribution >= 0.6 is 0 Å². The van der Waals surface area contributed by atoms with Crippen molar-refractivity contribution in [2.45, 2.75) is 13.8 Å². The van der Waals surface area contributed by atoms with E-state index >= 15 is 0 Å². The minimum absolute atomic E-state index is 0.993. The van der Waals surface area contributed by atoms with Crippen LogP contribution in [0.25, 0.3) is 0 Å². The van der Waals surface area contributed by atoms with E-state index in [9.17, 15) is 0 Å². The lowest BCUT2D eigenvalue weighted by Crippen LogP contribution is -2.19. The Morgan fingerprint density at radius 3 is 2.58 bits per heavy atom. The summed E-state index contributed by atoms with van der Waals surface area (Å²) < 4.78 is 0. The van der Waals surface area contributed by atoms with E-state index in [1.165, 1.54) is 5.57 Å². The minimum Gasteiger partial charge on any atom is -0.302 e. The van der Waals surface area contributed by atoms with E-state index < -0.39 is 0 Å². The van der Waals surface area contributed by atoms with Gasteiger partial charge in [0, 0.05) is 6.54 Å². The normalized spacial score (nSPS) is 12.8. The molecule has 0 N–H and O–H groups in total. The summed E-state index contributed by atoms with van der Waals surface area (Å²) in [6.07, 6.45) is 8.05. The monoisotopic (exact) mass is 165 g/mol. The van der Waals surface area contributed by atoms with Crippen LogP contribution in [0, 0.1) is 0 Å². The maximum Gasteiger partial charge on any atom is 0.0230 e. The van der Waals surface area contributed by atoms with Gasteiger partial charge in [0.05, 0.1) is 0 Å². The molecule has 12 heavy (non-hydrogen) atoms. The van der Waals surface area contributed by atoms with E-state index in [1.807, 2.05) is 19.1 Å². The fraction of sp³-hybridized carbons (Fsp3) is 0.455. The predicted octanol–water partition coefficient (Wildman–Crippen LogP) is 2.63. The second-order valence-electron chi connectivity index (χ2n) is 2.81. The van der Waals surface area contributed by atoms with Crippen LogP contribution in [0.3, 0.4) is 0 Å². The predicted molar refractivity (Wildman–Crippen MR) is 56.3 cm³/mol. The molecule has 0 aromatic heterocycles. The van der Waals surface area contributed by atoms with Gasteiger partial charge >= 0.3 is 0 Å². The van der Waals surface area contributed by atoms with Crippen molar-refractivity contribution in [1.29, 1.82) is 0 Å². The van der Waals surface area contributed by atoms with Crippen molar-refractivity contribution in [3.63, 3.8) is 0 Å². The molecule has 0 aliphatic rings. The Kier molecular flexibility index (Phi) is 6.39. The summed E-state index contributed by atoms with van der Waals surface area (Å²) in [6.45, 7) is 9.94. The second kappa shape index (κ2) is 6.86. The topological polar surface area (TPSA) is 3.24 Å². The zero-order chi connectivity index (χ0) is 9.40. The molecular formula is C11H19N. The average Bonchev–Trinajstić information content (AvgIpc) is 2.05. The molecule has 0 aliphatic heterocycles. The molecule has 0 aliphatic carbocycles. The molecule has 0 spiro atoms. The van der Waals surface area contributed by atoms with Crippen LogP contribution in [-0.4, -0.2) is 25.0 Å². The van der Waals surface area contributed by atoms with Crippen molar-refractivity contribution >= 4 is 0 Å². The molecule has 0 saturated heterocycles. The molecular weight excluding hydrogens is 146 g/mol. The first-order valence-electron chi connectivity index (χ1n) is 4.37. The van der Waals surface area contributed by atoms with E-state index in [0.29, 0.717) is 0 Å². The van der Waals surface area contributed by atoms with E-state index in [0.717, 1.165) is 13.1 Å². The highest BCUT2D eigenvalue weighted by molar-refractivity contribution is 5.23. The van der Waals surface area contributed by atoms with Gasteiger partial charge < -0.3 is 4.90 Å². The smallest absolute Gasteiger partial charge is 0.0230 e. The molecule has 68 valence electrons. The zero-order valence-electron chi connectivity index (χ0n) is 8.38. The van der Waals surface area contributed by atoms with Gasteiger partial charge in [-0.1, -0.05) is 37.8 Å². The highest BCUT2D eigenvalue weighted by Crippen LogP contribution is 1.99. The summed E-state index contributed by atoms with van der Waals surface area (Å²) in [5.74, 6) is 0. The highest BCUT2D eigenvalue weighted by Gasteiger charge is 1.95.